The van der Waals surface area contributed by atoms with Crippen LogP contribution in [-0.2, 0) is 0 Å². The Morgan fingerprint density at radius 2 is 0.818 bits per heavy atom. The molecule has 0 amide bonds. The maximum atomic E-state index is 6.12. The van der Waals surface area contributed by atoms with E-state index in [1.165, 1.54) is 83.5 Å². The molecular weight excluding hydrogens is 268 g/mol. The van der Waals surface area contributed by atoms with Crippen LogP contribution in [0.2, 0.25) is 0 Å². The number of rotatable bonds is 17. The fourth-order valence-electron chi connectivity index (χ4n) is 3.16. The lowest BCUT2D eigenvalue weighted by Gasteiger charge is -2.18. The Morgan fingerprint density at radius 3 is 1.23 bits per heavy atom. The summed E-state index contributed by atoms with van der Waals surface area (Å²) in [6.45, 7) is 4.46. The van der Waals surface area contributed by atoms with Crippen molar-refractivity contribution in [3.05, 3.63) is 0 Å². The molecule has 0 saturated carbocycles. The minimum Gasteiger partial charge on any atom is -0.326 e. The van der Waals surface area contributed by atoms with Crippen molar-refractivity contribution in [2.75, 3.05) is 0 Å². The molecular formula is C20H44N2. The smallest absolute Gasteiger partial charge is 0.0192 e. The van der Waals surface area contributed by atoms with Gasteiger partial charge in [-0.2, -0.15) is 0 Å². The van der Waals surface area contributed by atoms with Crippen LogP contribution in [-0.4, -0.2) is 12.1 Å². The van der Waals surface area contributed by atoms with Crippen molar-refractivity contribution < 1.29 is 0 Å². The van der Waals surface area contributed by atoms with E-state index in [4.69, 9.17) is 11.5 Å². The van der Waals surface area contributed by atoms with Gasteiger partial charge in [0.15, 0.2) is 0 Å². The van der Waals surface area contributed by atoms with Crippen LogP contribution >= 0.6 is 0 Å². The molecule has 0 fully saturated rings. The fraction of sp³-hybridized carbons (Fsp3) is 1.00. The molecule has 0 aromatic rings. The normalized spacial score (nSPS) is 14.2. The molecule has 0 spiro atoms. The summed E-state index contributed by atoms with van der Waals surface area (Å²) in [5, 5.41) is 0. The van der Waals surface area contributed by atoms with Crippen LogP contribution < -0.4 is 11.5 Å². The highest BCUT2D eigenvalue weighted by molar-refractivity contribution is 4.75. The Bertz CT molecular complexity index is 206. The van der Waals surface area contributed by atoms with E-state index in [-0.39, 0.29) is 12.1 Å². The Hall–Kier alpha value is -0.0800. The number of unbranched alkanes of at least 4 members (excludes halogenated alkanes) is 12. The molecule has 0 aromatic carbocycles. The van der Waals surface area contributed by atoms with Gasteiger partial charge in [-0.05, 0) is 12.8 Å². The highest BCUT2D eigenvalue weighted by atomic mass is 14.8. The van der Waals surface area contributed by atoms with Gasteiger partial charge in [-0.1, -0.05) is 104 Å². The van der Waals surface area contributed by atoms with E-state index in [9.17, 15) is 0 Å². The zero-order valence-corrected chi connectivity index (χ0v) is 15.6. The molecule has 2 nitrogen and oxygen atoms in total. The van der Waals surface area contributed by atoms with E-state index in [0.717, 1.165) is 19.3 Å². The van der Waals surface area contributed by atoms with Gasteiger partial charge in [0.2, 0.25) is 0 Å². The minimum absolute atomic E-state index is 0.210. The van der Waals surface area contributed by atoms with Gasteiger partial charge in [0.05, 0.1) is 0 Å². The second kappa shape index (κ2) is 17.3. The van der Waals surface area contributed by atoms with Gasteiger partial charge >= 0.3 is 0 Å². The minimum atomic E-state index is 0.210. The van der Waals surface area contributed by atoms with Crippen LogP contribution in [0.3, 0.4) is 0 Å². The SMILES string of the molecule is CCCCCCCCCCCCCCCC(N)C(N)CCC. The average Bonchev–Trinajstić information content (AvgIpc) is 2.51. The van der Waals surface area contributed by atoms with Crippen LogP contribution in [0.1, 0.15) is 117 Å². The van der Waals surface area contributed by atoms with E-state index >= 15 is 0 Å². The number of hydrogen-bond acceptors (Lipinski definition) is 2. The van der Waals surface area contributed by atoms with Gasteiger partial charge in [0, 0.05) is 12.1 Å². The Morgan fingerprint density at radius 1 is 0.455 bits per heavy atom. The summed E-state index contributed by atoms with van der Waals surface area (Å²) >= 11 is 0. The third kappa shape index (κ3) is 14.8. The van der Waals surface area contributed by atoms with Crippen molar-refractivity contribution >= 4 is 0 Å². The van der Waals surface area contributed by atoms with Crippen LogP contribution in [0.5, 0.6) is 0 Å². The fourth-order valence-corrected chi connectivity index (χ4v) is 3.16. The molecule has 2 atom stereocenters. The van der Waals surface area contributed by atoms with Gasteiger partial charge in [-0.25, -0.2) is 0 Å². The van der Waals surface area contributed by atoms with Crippen LogP contribution in [0.25, 0.3) is 0 Å². The monoisotopic (exact) mass is 312 g/mol. The third-order valence-corrected chi connectivity index (χ3v) is 4.81. The van der Waals surface area contributed by atoms with Crippen molar-refractivity contribution in [2.45, 2.75) is 129 Å². The van der Waals surface area contributed by atoms with Crippen molar-refractivity contribution in [1.82, 2.24) is 0 Å². The summed E-state index contributed by atoms with van der Waals surface area (Å²) in [5.74, 6) is 0. The standard InChI is InChI=1S/C20H44N2/c1-3-5-6-7-8-9-10-11-12-13-14-15-16-18-20(22)19(21)17-4-2/h19-20H,3-18,21-22H2,1-2H3. The molecule has 0 aromatic heterocycles. The first-order chi connectivity index (χ1) is 10.7. The highest BCUT2D eigenvalue weighted by Gasteiger charge is 2.11. The van der Waals surface area contributed by atoms with E-state index in [0.29, 0.717) is 0 Å². The Balaban J connectivity index is 3.14. The number of nitrogens with two attached hydrogens (primary N) is 2. The van der Waals surface area contributed by atoms with Gasteiger partial charge in [0.25, 0.3) is 0 Å². The lowest BCUT2D eigenvalue weighted by molar-refractivity contribution is 0.442. The summed E-state index contributed by atoms with van der Waals surface area (Å²) in [4.78, 5) is 0. The van der Waals surface area contributed by atoms with Gasteiger partial charge in [-0.3, -0.25) is 0 Å². The van der Waals surface area contributed by atoms with Crippen molar-refractivity contribution in [1.29, 1.82) is 0 Å². The second-order valence-electron chi connectivity index (χ2n) is 7.15. The van der Waals surface area contributed by atoms with Crippen molar-refractivity contribution in [2.24, 2.45) is 11.5 Å². The zero-order valence-electron chi connectivity index (χ0n) is 15.6. The molecule has 0 aliphatic carbocycles. The number of hydrogen-bond donors (Lipinski definition) is 2. The molecule has 0 heterocycles. The van der Waals surface area contributed by atoms with Crippen LogP contribution in [0, 0.1) is 0 Å². The highest BCUT2D eigenvalue weighted by Crippen LogP contribution is 2.13. The van der Waals surface area contributed by atoms with Crippen LogP contribution in [0.15, 0.2) is 0 Å². The summed E-state index contributed by atoms with van der Waals surface area (Å²) in [6, 6.07) is 0.426. The molecule has 0 rings (SSSR count). The van der Waals surface area contributed by atoms with Crippen molar-refractivity contribution in [3.8, 4) is 0 Å². The molecule has 0 aliphatic heterocycles. The molecule has 0 aliphatic rings. The summed E-state index contributed by atoms with van der Waals surface area (Å²) < 4.78 is 0. The molecule has 22 heavy (non-hydrogen) atoms. The first-order valence-electron chi connectivity index (χ1n) is 10.2. The quantitative estimate of drug-likeness (QED) is 0.327. The predicted octanol–water partition coefficient (Wildman–Crippen LogP) is 5.92. The van der Waals surface area contributed by atoms with Gasteiger partial charge < -0.3 is 11.5 Å². The topological polar surface area (TPSA) is 52.0 Å². The predicted molar refractivity (Wildman–Crippen MR) is 101 cm³/mol. The average molecular weight is 313 g/mol. The van der Waals surface area contributed by atoms with E-state index in [2.05, 4.69) is 13.8 Å². The van der Waals surface area contributed by atoms with Crippen LogP contribution in [0.4, 0.5) is 0 Å². The summed E-state index contributed by atoms with van der Waals surface area (Å²) in [7, 11) is 0. The third-order valence-electron chi connectivity index (χ3n) is 4.81. The summed E-state index contributed by atoms with van der Waals surface area (Å²) in [5.41, 5.74) is 12.2. The van der Waals surface area contributed by atoms with E-state index < -0.39 is 0 Å². The van der Waals surface area contributed by atoms with Crippen molar-refractivity contribution in [3.63, 3.8) is 0 Å². The van der Waals surface area contributed by atoms with Gasteiger partial charge in [-0.15, -0.1) is 0 Å². The summed E-state index contributed by atoms with van der Waals surface area (Å²) in [6.07, 6.45) is 21.6. The molecule has 2 unspecified atom stereocenters. The molecule has 0 saturated heterocycles. The van der Waals surface area contributed by atoms with Gasteiger partial charge in [0.1, 0.15) is 0 Å². The lowest BCUT2D eigenvalue weighted by atomic mass is 9.98. The van der Waals surface area contributed by atoms with E-state index in [1.54, 1.807) is 0 Å². The molecule has 0 radical (unpaired) electrons. The maximum absolute atomic E-state index is 6.12. The maximum Gasteiger partial charge on any atom is 0.0192 e. The molecule has 0 bridgehead atoms. The largest absolute Gasteiger partial charge is 0.326 e. The first-order valence-corrected chi connectivity index (χ1v) is 10.2. The zero-order chi connectivity index (χ0) is 16.5. The first kappa shape index (κ1) is 21.9. The second-order valence-corrected chi connectivity index (χ2v) is 7.15. The Labute approximate surface area is 140 Å². The Kier molecular flexibility index (Phi) is 17.2. The lowest BCUT2D eigenvalue weighted by Crippen LogP contribution is -2.41. The molecule has 134 valence electrons. The van der Waals surface area contributed by atoms with E-state index in [1.807, 2.05) is 0 Å². The molecule has 4 N–H and O–H groups in total. The molecule has 2 heteroatoms.